The van der Waals surface area contributed by atoms with Gasteiger partial charge in [0.1, 0.15) is 5.60 Å². The Labute approximate surface area is 120 Å². The molecular weight excluding hydrogens is 272 g/mol. The van der Waals surface area contributed by atoms with Crippen LogP contribution in [-0.2, 0) is 14.3 Å². The summed E-state index contributed by atoms with van der Waals surface area (Å²) in [4.78, 5) is 0.241. The van der Waals surface area contributed by atoms with E-state index < -0.39 is 15.7 Å². The summed E-state index contributed by atoms with van der Waals surface area (Å²) in [5.41, 5.74) is 0.647. The first-order valence-electron chi connectivity index (χ1n) is 7.05. The van der Waals surface area contributed by atoms with Gasteiger partial charge in [-0.25, -0.2) is 0 Å². The van der Waals surface area contributed by atoms with Crippen LogP contribution < -0.4 is 0 Å². The van der Waals surface area contributed by atoms with Crippen LogP contribution in [0.5, 0.6) is 0 Å². The molecule has 2 bridgehead atoms. The van der Waals surface area contributed by atoms with E-state index >= 15 is 0 Å². The van der Waals surface area contributed by atoms with Gasteiger partial charge in [0.25, 0.3) is 10.1 Å². The molecule has 4 rings (SSSR count). The van der Waals surface area contributed by atoms with Crippen LogP contribution in [0.25, 0.3) is 0 Å². The Morgan fingerprint density at radius 1 is 1.00 bits per heavy atom. The van der Waals surface area contributed by atoms with Gasteiger partial charge < -0.3 is 0 Å². The van der Waals surface area contributed by atoms with Gasteiger partial charge in [-0.2, -0.15) is 8.42 Å². The van der Waals surface area contributed by atoms with Gasteiger partial charge in [0.2, 0.25) is 0 Å². The van der Waals surface area contributed by atoms with E-state index in [1.165, 1.54) is 0 Å². The molecule has 0 aliphatic heterocycles. The van der Waals surface area contributed by atoms with Gasteiger partial charge in [0.05, 0.1) is 4.90 Å². The number of fused-ring (bicyclic) bond motifs is 2. The molecular formula is C16H20O3S. The molecule has 108 valence electrons. The molecule has 3 nitrogen and oxygen atoms in total. The molecule has 0 aromatic heterocycles. The molecule has 0 spiro atoms. The molecule has 0 unspecified atom stereocenters. The summed E-state index contributed by atoms with van der Waals surface area (Å²) in [6.45, 7) is 4.16. The van der Waals surface area contributed by atoms with Crippen molar-refractivity contribution in [1.29, 1.82) is 0 Å². The Balaban J connectivity index is 1.87. The molecule has 0 heterocycles. The van der Waals surface area contributed by atoms with Crippen LogP contribution in [0.15, 0.2) is 41.3 Å². The van der Waals surface area contributed by atoms with E-state index in [-0.39, 0.29) is 10.3 Å². The Hall–Kier alpha value is -1.13. The van der Waals surface area contributed by atoms with Crippen molar-refractivity contribution >= 4 is 10.1 Å². The third kappa shape index (κ3) is 2.42. The molecule has 3 aliphatic rings. The van der Waals surface area contributed by atoms with Crippen molar-refractivity contribution in [2.24, 2.45) is 5.41 Å². The lowest BCUT2D eigenvalue weighted by Gasteiger charge is -2.46. The van der Waals surface area contributed by atoms with Gasteiger partial charge in [-0.15, -0.1) is 0 Å². The number of aryl methyl sites for hydroxylation is 1. The molecule has 1 aromatic rings. The van der Waals surface area contributed by atoms with E-state index in [2.05, 4.69) is 13.0 Å². The standard InChI is InChI=1S/C16H20O3S/c1-13-3-5-14(6-4-13)20(17,18)19-16-10-7-15(2,8-11-16)9-12-16/h3-7,10H,8-9,11-12H2,1-2H3. The monoisotopic (exact) mass is 292 g/mol. The molecule has 1 aromatic carbocycles. The highest BCUT2D eigenvalue weighted by atomic mass is 32.2. The molecule has 20 heavy (non-hydrogen) atoms. The number of benzene rings is 1. The number of allylic oxidation sites excluding steroid dienone is 1. The topological polar surface area (TPSA) is 43.4 Å². The zero-order valence-electron chi connectivity index (χ0n) is 11.9. The lowest BCUT2D eigenvalue weighted by molar-refractivity contribution is 0.0344. The summed E-state index contributed by atoms with van der Waals surface area (Å²) in [7, 11) is -3.69. The molecule has 0 amide bonds. The summed E-state index contributed by atoms with van der Waals surface area (Å²) < 4.78 is 30.4. The van der Waals surface area contributed by atoms with Crippen molar-refractivity contribution in [2.75, 3.05) is 0 Å². The lowest BCUT2D eigenvalue weighted by Crippen LogP contribution is -2.43. The number of rotatable bonds is 3. The average Bonchev–Trinajstić information content (AvgIpc) is 2.41. The fraction of sp³-hybridized carbons (Fsp3) is 0.500. The maximum absolute atomic E-state index is 12.4. The lowest BCUT2D eigenvalue weighted by atomic mass is 9.64. The van der Waals surface area contributed by atoms with Gasteiger partial charge in [-0.3, -0.25) is 4.18 Å². The Bertz CT molecular complexity index is 633. The van der Waals surface area contributed by atoms with Gasteiger partial charge >= 0.3 is 0 Å². The Morgan fingerprint density at radius 2 is 1.60 bits per heavy atom. The molecule has 0 atom stereocenters. The molecule has 3 aliphatic carbocycles. The van der Waals surface area contributed by atoms with Crippen molar-refractivity contribution < 1.29 is 12.6 Å². The van der Waals surface area contributed by atoms with Crippen LogP contribution in [0, 0.1) is 12.3 Å². The minimum Gasteiger partial charge on any atom is -0.255 e. The largest absolute Gasteiger partial charge is 0.297 e. The van der Waals surface area contributed by atoms with E-state index in [1.807, 2.05) is 13.0 Å². The smallest absolute Gasteiger partial charge is 0.255 e. The minimum atomic E-state index is -3.69. The van der Waals surface area contributed by atoms with Crippen molar-refractivity contribution in [3.8, 4) is 0 Å². The summed E-state index contributed by atoms with van der Waals surface area (Å²) >= 11 is 0. The maximum atomic E-state index is 12.4. The van der Waals surface area contributed by atoms with E-state index in [9.17, 15) is 8.42 Å². The summed E-state index contributed by atoms with van der Waals surface area (Å²) in [6, 6.07) is 6.81. The SMILES string of the molecule is Cc1ccc(S(=O)(=O)OC23C=CC(C)(CC2)CC3)cc1. The quantitative estimate of drug-likeness (QED) is 0.631. The molecule has 1 fully saturated rings. The Kier molecular flexibility index (Phi) is 3.07. The second kappa shape index (κ2) is 4.43. The summed E-state index contributed by atoms with van der Waals surface area (Å²) in [5, 5.41) is 0. The highest BCUT2D eigenvalue weighted by Gasteiger charge is 2.45. The van der Waals surface area contributed by atoms with Gasteiger partial charge in [0.15, 0.2) is 0 Å². The Morgan fingerprint density at radius 3 is 2.10 bits per heavy atom. The minimum absolute atomic E-state index is 0.235. The van der Waals surface area contributed by atoms with Gasteiger partial charge in [0, 0.05) is 0 Å². The number of hydrogen-bond donors (Lipinski definition) is 0. The zero-order chi connectivity index (χ0) is 14.4. The first-order chi connectivity index (χ1) is 9.33. The summed E-state index contributed by atoms with van der Waals surface area (Å²) in [5.74, 6) is 0. The third-order valence-corrected chi connectivity index (χ3v) is 6.01. The van der Waals surface area contributed by atoms with E-state index in [4.69, 9.17) is 4.18 Å². The first kappa shape index (κ1) is 13.8. The van der Waals surface area contributed by atoms with Gasteiger partial charge in [-0.1, -0.05) is 36.8 Å². The third-order valence-electron chi connectivity index (χ3n) is 4.61. The highest BCUT2D eigenvalue weighted by Crippen LogP contribution is 2.49. The second-order valence-corrected chi connectivity index (χ2v) is 7.95. The van der Waals surface area contributed by atoms with Crippen LogP contribution in [0.1, 0.15) is 38.2 Å². The van der Waals surface area contributed by atoms with E-state index in [1.54, 1.807) is 24.3 Å². The second-order valence-electron chi connectivity index (χ2n) is 6.40. The highest BCUT2D eigenvalue weighted by molar-refractivity contribution is 7.86. The average molecular weight is 292 g/mol. The van der Waals surface area contributed by atoms with Crippen molar-refractivity contribution in [3.63, 3.8) is 0 Å². The molecule has 1 saturated carbocycles. The van der Waals surface area contributed by atoms with Crippen LogP contribution in [0.3, 0.4) is 0 Å². The van der Waals surface area contributed by atoms with Crippen LogP contribution in [0.2, 0.25) is 0 Å². The molecule has 0 radical (unpaired) electrons. The predicted molar refractivity (Wildman–Crippen MR) is 77.9 cm³/mol. The molecule has 0 N–H and O–H groups in total. The zero-order valence-corrected chi connectivity index (χ0v) is 12.7. The van der Waals surface area contributed by atoms with Crippen molar-refractivity contribution in [2.45, 2.75) is 50.0 Å². The van der Waals surface area contributed by atoms with Gasteiger partial charge in [-0.05, 0) is 50.2 Å². The molecule has 0 saturated heterocycles. The van der Waals surface area contributed by atoms with Crippen LogP contribution in [0.4, 0.5) is 0 Å². The predicted octanol–water partition coefficient (Wildman–Crippen LogP) is 3.59. The molecule has 4 heteroatoms. The fourth-order valence-corrected chi connectivity index (χ4v) is 4.24. The number of hydrogen-bond acceptors (Lipinski definition) is 3. The van der Waals surface area contributed by atoms with Crippen molar-refractivity contribution in [3.05, 3.63) is 42.0 Å². The van der Waals surface area contributed by atoms with E-state index in [0.717, 1.165) is 31.2 Å². The first-order valence-corrected chi connectivity index (χ1v) is 8.46. The maximum Gasteiger partial charge on any atom is 0.297 e. The summed E-state index contributed by atoms with van der Waals surface area (Å²) in [6.07, 6.45) is 7.65. The van der Waals surface area contributed by atoms with Crippen molar-refractivity contribution in [1.82, 2.24) is 0 Å². The van der Waals surface area contributed by atoms with E-state index in [0.29, 0.717) is 0 Å². The normalized spacial score (nSPS) is 32.5. The van der Waals surface area contributed by atoms with Crippen LogP contribution in [-0.4, -0.2) is 14.0 Å². The van der Waals surface area contributed by atoms with Crippen LogP contribution >= 0.6 is 0 Å². The fourth-order valence-electron chi connectivity index (χ4n) is 3.01.